The topological polar surface area (TPSA) is 22.1 Å². The predicted octanol–water partition coefficient (Wildman–Crippen LogP) is 4.96. The van der Waals surface area contributed by atoms with Crippen molar-refractivity contribution in [1.82, 2.24) is 4.98 Å². The molecule has 1 heterocycles. The molecule has 0 aliphatic heterocycles. The number of benzene rings is 1. The first kappa shape index (κ1) is 13.6. The summed E-state index contributed by atoms with van der Waals surface area (Å²) < 4.78 is 6.29. The van der Waals surface area contributed by atoms with Gasteiger partial charge in [0.1, 0.15) is 11.3 Å². The fourth-order valence-corrected chi connectivity index (χ4v) is 2.72. The quantitative estimate of drug-likeness (QED) is 0.738. The third kappa shape index (κ3) is 2.34. The summed E-state index contributed by atoms with van der Waals surface area (Å²) in [4.78, 5) is 4.70. The van der Waals surface area contributed by atoms with Crippen LogP contribution in [0.15, 0.2) is 22.7 Å². The third-order valence-electron chi connectivity index (χ3n) is 2.81. The van der Waals surface area contributed by atoms with Crippen molar-refractivity contribution < 1.29 is 4.74 Å². The number of nitrogens with zero attached hydrogens (tertiary/aromatic N) is 1. The molecular weight excluding hydrogens is 314 g/mol. The van der Waals surface area contributed by atoms with Crippen LogP contribution in [-0.2, 0) is 5.41 Å². The lowest BCUT2D eigenvalue weighted by molar-refractivity contribution is 0.418. The second-order valence-corrected chi connectivity index (χ2v) is 6.47. The Bertz CT molecular complexity index is 605. The highest BCUT2D eigenvalue weighted by Crippen LogP contribution is 2.37. The van der Waals surface area contributed by atoms with Crippen molar-refractivity contribution >= 4 is 38.4 Å². The van der Waals surface area contributed by atoms with Crippen molar-refractivity contribution in [3.63, 3.8) is 0 Å². The number of hydrogen-bond donors (Lipinski definition) is 0. The van der Waals surface area contributed by atoms with Gasteiger partial charge in [-0.2, -0.15) is 0 Å². The van der Waals surface area contributed by atoms with Gasteiger partial charge in [-0.3, -0.25) is 0 Å². The minimum atomic E-state index is -0.0504. The monoisotopic (exact) mass is 327 g/mol. The van der Waals surface area contributed by atoms with Gasteiger partial charge in [-0.15, -0.1) is 0 Å². The van der Waals surface area contributed by atoms with E-state index in [1.165, 1.54) is 0 Å². The minimum Gasteiger partial charge on any atom is -0.494 e. The zero-order valence-corrected chi connectivity index (χ0v) is 13.2. The molecule has 2 rings (SSSR count). The lowest BCUT2D eigenvalue weighted by Gasteiger charge is -2.19. The standard InChI is InChI=1S/C14H15BrClNO/c1-14(2,3)11-7-9(16)12-8(15)5-6-10(18-4)13(12)17-11/h5-7H,1-4H3. The third-order valence-corrected chi connectivity index (χ3v) is 3.77. The van der Waals surface area contributed by atoms with E-state index < -0.39 is 0 Å². The van der Waals surface area contributed by atoms with E-state index in [4.69, 9.17) is 21.3 Å². The van der Waals surface area contributed by atoms with E-state index in [0.29, 0.717) is 5.02 Å². The summed E-state index contributed by atoms with van der Waals surface area (Å²) in [5.41, 5.74) is 1.70. The summed E-state index contributed by atoms with van der Waals surface area (Å²) in [5.74, 6) is 0.737. The van der Waals surface area contributed by atoms with Crippen molar-refractivity contribution in [3.8, 4) is 5.75 Å². The number of fused-ring (bicyclic) bond motifs is 1. The highest BCUT2D eigenvalue weighted by atomic mass is 79.9. The molecule has 4 heteroatoms. The first-order valence-electron chi connectivity index (χ1n) is 5.68. The number of halogens is 2. The Morgan fingerprint density at radius 3 is 2.50 bits per heavy atom. The maximum absolute atomic E-state index is 6.38. The highest BCUT2D eigenvalue weighted by molar-refractivity contribution is 9.10. The van der Waals surface area contributed by atoms with Gasteiger partial charge in [0.05, 0.1) is 12.1 Å². The molecule has 0 N–H and O–H groups in total. The van der Waals surface area contributed by atoms with Crippen molar-refractivity contribution in [1.29, 1.82) is 0 Å². The molecule has 0 spiro atoms. The van der Waals surface area contributed by atoms with Crippen LogP contribution in [0.1, 0.15) is 26.5 Å². The Morgan fingerprint density at radius 1 is 1.28 bits per heavy atom. The van der Waals surface area contributed by atoms with Gasteiger partial charge in [0.25, 0.3) is 0 Å². The molecule has 1 aromatic heterocycles. The molecule has 0 fully saturated rings. The maximum atomic E-state index is 6.38. The van der Waals surface area contributed by atoms with E-state index in [9.17, 15) is 0 Å². The molecule has 0 unspecified atom stereocenters. The summed E-state index contributed by atoms with van der Waals surface area (Å²) in [7, 11) is 1.64. The summed E-state index contributed by atoms with van der Waals surface area (Å²) in [6.07, 6.45) is 0. The van der Waals surface area contributed by atoms with Crippen molar-refractivity contribution in [2.75, 3.05) is 7.11 Å². The van der Waals surface area contributed by atoms with Gasteiger partial charge in [0, 0.05) is 21.0 Å². The number of rotatable bonds is 1. The van der Waals surface area contributed by atoms with E-state index in [1.54, 1.807) is 7.11 Å². The van der Waals surface area contributed by atoms with E-state index in [0.717, 1.165) is 26.8 Å². The molecule has 96 valence electrons. The van der Waals surface area contributed by atoms with Crippen LogP contribution >= 0.6 is 27.5 Å². The Labute approximate surface area is 120 Å². The second kappa shape index (κ2) is 4.71. The van der Waals surface area contributed by atoms with Crippen LogP contribution in [0.5, 0.6) is 5.75 Å². The van der Waals surface area contributed by atoms with E-state index in [-0.39, 0.29) is 5.41 Å². The van der Waals surface area contributed by atoms with E-state index >= 15 is 0 Å². The van der Waals surface area contributed by atoms with Gasteiger partial charge >= 0.3 is 0 Å². The highest BCUT2D eigenvalue weighted by Gasteiger charge is 2.19. The summed E-state index contributed by atoms with van der Waals surface area (Å²) in [6.45, 7) is 6.34. The van der Waals surface area contributed by atoms with E-state index in [1.807, 2.05) is 18.2 Å². The molecule has 0 saturated carbocycles. The average molecular weight is 329 g/mol. The van der Waals surface area contributed by atoms with Crippen molar-refractivity contribution in [2.24, 2.45) is 0 Å². The Morgan fingerprint density at radius 2 is 1.94 bits per heavy atom. The smallest absolute Gasteiger partial charge is 0.145 e. The average Bonchev–Trinajstić information content (AvgIpc) is 2.27. The summed E-state index contributed by atoms with van der Waals surface area (Å²) >= 11 is 9.88. The number of ether oxygens (including phenoxy) is 1. The number of pyridine rings is 1. The summed E-state index contributed by atoms with van der Waals surface area (Å²) in [5, 5.41) is 1.58. The lowest BCUT2D eigenvalue weighted by Crippen LogP contribution is -2.13. The van der Waals surface area contributed by atoms with Gasteiger partial charge in [0.15, 0.2) is 0 Å². The van der Waals surface area contributed by atoms with Crippen LogP contribution in [0, 0.1) is 0 Å². The maximum Gasteiger partial charge on any atom is 0.145 e. The normalized spacial score (nSPS) is 11.9. The molecule has 1 aromatic carbocycles. The first-order chi connectivity index (χ1) is 8.34. The van der Waals surface area contributed by atoms with Crippen LogP contribution < -0.4 is 4.74 Å². The molecule has 2 nitrogen and oxygen atoms in total. The van der Waals surface area contributed by atoms with Crippen LogP contribution in [0.4, 0.5) is 0 Å². The first-order valence-corrected chi connectivity index (χ1v) is 6.85. The molecule has 18 heavy (non-hydrogen) atoms. The molecule has 0 bridgehead atoms. The van der Waals surface area contributed by atoms with Gasteiger partial charge in [-0.05, 0) is 18.2 Å². The van der Waals surface area contributed by atoms with Gasteiger partial charge in [-0.25, -0.2) is 4.98 Å². The lowest BCUT2D eigenvalue weighted by atomic mass is 9.91. The van der Waals surface area contributed by atoms with Gasteiger partial charge in [-0.1, -0.05) is 48.3 Å². The van der Waals surface area contributed by atoms with Crippen LogP contribution in [-0.4, -0.2) is 12.1 Å². The van der Waals surface area contributed by atoms with Crippen LogP contribution in [0.3, 0.4) is 0 Å². The van der Waals surface area contributed by atoms with E-state index in [2.05, 4.69) is 36.7 Å². The minimum absolute atomic E-state index is 0.0504. The Balaban J connectivity index is 2.86. The van der Waals surface area contributed by atoms with Gasteiger partial charge < -0.3 is 4.74 Å². The number of methoxy groups -OCH3 is 1. The molecule has 0 aliphatic carbocycles. The number of aromatic nitrogens is 1. The number of hydrogen-bond acceptors (Lipinski definition) is 2. The fourth-order valence-electron chi connectivity index (χ4n) is 1.78. The molecule has 0 amide bonds. The Kier molecular flexibility index (Phi) is 3.56. The molecule has 2 aromatic rings. The molecule has 0 saturated heterocycles. The SMILES string of the molecule is COc1ccc(Br)c2c(Cl)cc(C(C)(C)C)nc12. The largest absolute Gasteiger partial charge is 0.494 e. The van der Waals surface area contributed by atoms with Crippen LogP contribution in [0.2, 0.25) is 5.02 Å². The predicted molar refractivity (Wildman–Crippen MR) is 79.7 cm³/mol. The Hall–Kier alpha value is -0.800. The zero-order chi connectivity index (χ0) is 13.5. The van der Waals surface area contributed by atoms with Gasteiger partial charge in [0.2, 0.25) is 0 Å². The van der Waals surface area contributed by atoms with Crippen molar-refractivity contribution in [2.45, 2.75) is 26.2 Å². The zero-order valence-electron chi connectivity index (χ0n) is 10.8. The molecule has 0 aliphatic rings. The molecular formula is C14H15BrClNO. The molecule has 0 atom stereocenters. The second-order valence-electron chi connectivity index (χ2n) is 5.21. The molecule has 0 radical (unpaired) electrons. The van der Waals surface area contributed by atoms with Crippen molar-refractivity contribution in [3.05, 3.63) is 33.4 Å². The van der Waals surface area contributed by atoms with Crippen LogP contribution in [0.25, 0.3) is 10.9 Å². The summed E-state index contributed by atoms with van der Waals surface area (Å²) in [6, 6.07) is 5.74. The fraction of sp³-hybridized carbons (Fsp3) is 0.357.